The van der Waals surface area contributed by atoms with Gasteiger partial charge in [0.15, 0.2) is 5.78 Å². The smallest absolute Gasteiger partial charge is 0.373 e. The SMILES string of the molecule is CCC12CCCN(/C=C/C(=O)Cc3ccccc3)CCc3c(n(c4ccccc34)C(C)(O)C1)C2Oc1ccccc1.O=C=O. The lowest BCUT2D eigenvalue weighted by atomic mass is 9.66. The molecule has 3 unspecified atom stereocenters. The first-order chi connectivity index (χ1) is 21.3. The Labute approximate surface area is 258 Å². The number of hydrogen-bond acceptors (Lipinski definition) is 6. The first kappa shape index (κ1) is 31.0. The van der Waals surface area contributed by atoms with Gasteiger partial charge in [-0.25, -0.2) is 0 Å². The van der Waals surface area contributed by atoms with E-state index >= 15 is 0 Å². The summed E-state index contributed by atoms with van der Waals surface area (Å²) < 4.78 is 9.09. The van der Waals surface area contributed by atoms with Crippen LogP contribution in [0.2, 0.25) is 0 Å². The van der Waals surface area contributed by atoms with E-state index < -0.39 is 5.72 Å². The average molecular weight is 593 g/mol. The van der Waals surface area contributed by atoms with Gasteiger partial charge in [-0.1, -0.05) is 73.7 Å². The van der Waals surface area contributed by atoms with Crippen molar-refractivity contribution in [3.8, 4) is 5.75 Å². The Balaban J connectivity index is 0.00000123. The first-order valence-electron chi connectivity index (χ1n) is 15.4. The van der Waals surface area contributed by atoms with Crippen LogP contribution in [0.25, 0.3) is 10.9 Å². The number of nitrogens with zero attached hydrogens (tertiary/aromatic N) is 2. The van der Waals surface area contributed by atoms with E-state index in [-0.39, 0.29) is 23.5 Å². The molecule has 3 atom stereocenters. The van der Waals surface area contributed by atoms with Gasteiger partial charge in [0, 0.05) is 42.9 Å². The number of aliphatic hydroxyl groups is 1. The molecule has 7 heteroatoms. The summed E-state index contributed by atoms with van der Waals surface area (Å²) in [5.74, 6) is 0.972. The fourth-order valence-corrected chi connectivity index (χ4v) is 7.23. The van der Waals surface area contributed by atoms with E-state index in [1.165, 1.54) is 10.9 Å². The van der Waals surface area contributed by atoms with Gasteiger partial charge in [-0.05, 0) is 68.0 Å². The average Bonchev–Trinajstić information content (AvgIpc) is 3.36. The lowest BCUT2D eigenvalue weighted by Crippen LogP contribution is -2.49. The third-order valence-electron chi connectivity index (χ3n) is 9.16. The third kappa shape index (κ3) is 6.40. The summed E-state index contributed by atoms with van der Waals surface area (Å²) in [4.78, 5) is 31.3. The minimum Gasteiger partial charge on any atom is -0.484 e. The number of carbonyl (C=O) groups is 1. The van der Waals surface area contributed by atoms with Crippen molar-refractivity contribution in [3.05, 3.63) is 114 Å². The quantitative estimate of drug-likeness (QED) is 0.243. The zero-order chi connectivity index (χ0) is 31.2. The third-order valence-corrected chi connectivity index (χ3v) is 9.16. The fraction of sp³-hybridized carbons (Fsp3) is 0.351. The van der Waals surface area contributed by atoms with E-state index in [1.807, 2.05) is 73.8 Å². The summed E-state index contributed by atoms with van der Waals surface area (Å²) in [6.45, 7) is 5.84. The number of hydrogen-bond donors (Lipinski definition) is 1. The molecular formula is C37H40N2O5. The summed E-state index contributed by atoms with van der Waals surface area (Å²) in [6, 6.07) is 28.5. The highest BCUT2D eigenvalue weighted by atomic mass is 16.5. The number of ketones is 1. The second kappa shape index (κ2) is 13.5. The Bertz CT molecular complexity index is 1640. The topological polar surface area (TPSA) is 88.8 Å². The van der Waals surface area contributed by atoms with Crippen molar-refractivity contribution in [2.45, 2.75) is 64.2 Å². The summed E-state index contributed by atoms with van der Waals surface area (Å²) in [7, 11) is 0. The maximum absolute atomic E-state index is 12.8. The Kier molecular flexibility index (Phi) is 9.48. The number of rotatable bonds is 7. The molecule has 0 fully saturated rings. The van der Waals surface area contributed by atoms with Gasteiger partial charge in [0.1, 0.15) is 17.6 Å². The Morgan fingerprint density at radius 1 is 1.00 bits per heavy atom. The standard InChI is InChI=1S/C36H40N2O3.CO2/c1-3-36-21-12-22-37(23-19-28(39)25-27-13-6-4-7-14-27)24-20-31-30-17-10-11-18-32(30)38(35(2,40)26-36)33(31)34(36)41-29-15-8-5-9-16-29;2-1-3/h4-11,13-19,23,34,40H,3,12,20-22,24-26H2,1-2H3;/b23-19+;. The van der Waals surface area contributed by atoms with Crippen LogP contribution >= 0.6 is 0 Å². The van der Waals surface area contributed by atoms with E-state index in [1.54, 1.807) is 6.08 Å². The highest BCUT2D eigenvalue weighted by Crippen LogP contribution is 2.57. The number of benzene rings is 3. The van der Waals surface area contributed by atoms with Crippen molar-refractivity contribution in [3.63, 3.8) is 0 Å². The number of aromatic nitrogens is 1. The van der Waals surface area contributed by atoms with Crippen LogP contribution < -0.4 is 4.74 Å². The highest BCUT2D eigenvalue weighted by molar-refractivity contribution is 5.91. The zero-order valence-electron chi connectivity index (χ0n) is 25.4. The van der Waals surface area contributed by atoms with Gasteiger partial charge in [-0.15, -0.1) is 0 Å². The molecule has 7 nitrogen and oxygen atoms in total. The highest BCUT2D eigenvalue weighted by Gasteiger charge is 2.53. The van der Waals surface area contributed by atoms with E-state index in [0.717, 1.165) is 61.3 Å². The van der Waals surface area contributed by atoms with Crippen LogP contribution in [0.3, 0.4) is 0 Å². The second-order valence-electron chi connectivity index (χ2n) is 12.1. The molecule has 2 aliphatic heterocycles. The van der Waals surface area contributed by atoms with Gasteiger partial charge >= 0.3 is 6.15 Å². The normalized spacial score (nSPS) is 23.0. The molecule has 0 radical (unpaired) electrons. The van der Waals surface area contributed by atoms with Crippen LogP contribution in [0.5, 0.6) is 5.75 Å². The zero-order valence-corrected chi connectivity index (χ0v) is 25.4. The van der Waals surface area contributed by atoms with Crippen molar-refractivity contribution in [1.82, 2.24) is 9.47 Å². The number of allylic oxidation sites excluding steroid dienone is 1. The van der Waals surface area contributed by atoms with Crippen LogP contribution in [0, 0.1) is 5.41 Å². The maximum Gasteiger partial charge on any atom is 0.373 e. The molecule has 44 heavy (non-hydrogen) atoms. The number of ether oxygens (including phenoxy) is 1. The first-order valence-corrected chi connectivity index (χ1v) is 15.4. The predicted molar refractivity (Wildman–Crippen MR) is 169 cm³/mol. The molecule has 1 N–H and O–H groups in total. The lowest BCUT2D eigenvalue weighted by Gasteiger charge is -2.51. The molecule has 6 rings (SSSR count). The van der Waals surface area contributed by atoms with Crippen LogP contribution in [-0.2, 0) is 33.0 Å². The number of para-hydroxylation sites is 2. The molecule has 0 aliphatic carbocycles. The van der Waals surface area contributed by atoms with Gasteiger partial charge in [-0.2, -0.15) is 9.59 Å². The van der Waals surface area contributed by atoms with Gasteiger partial charge in [-0.3, -0.25) is 4.79 Å². The molecular weight excluding hydrogens is 552 g/mol. The van der Waals surface area contributed by atoms with E-state index in [2.05, 4.69) is 40.7 Å². The molecule has 0 saturated carbocycles. The van der Waals surface area contributed by atoms with Crippen molar-refractivity contribution < 1.29 is 24.2 Å². The molecule has 228 valence electrons. The maximum atomic E-state index is 12.8. The van der Waals surface area contributed by atoms with Gasteiger partial charge in [0.2, 0.25) is 0 Å². The molecule has 0 amide bonds. The van der Waals surface area contributed by atoms with Crippen molar-refractivity contribution in [2.24, 2.45) is 5.41 Å². The lowest BCUT2D eigenvalue weighted by molar-refractivity contribution is -0.191. The number of carbonyl (C=O) groups excluding carboxylic acids is 3. The van der Waals surface area contributed by atoms with Gasteiger partial charge in [0.25, 0.3) is 0 Å². The summed E-state index contributed by atoms with van der Waals surface area (Å²) in [6.07, 6.45) is 8.41. The largest absolute Gasteiger partial charge is 0.484 e. The van der Waals surface area contributed by atoms with Crippen LogP contribution in [0.1, 0.15) is 62.5 Å². The van der Waals surface area contributed by atoms with E-state index in [4.69, 9.17) is 14.3 Å². The molecule has 2 aliphatic rings. The molecule has 2 bridgehead atoms. The number of fused-ring (bicyclic) bond motifs is 4. The van der Waals surface area contributed by atoms with Crippen LogP contribution in [0.4, 0.5) is 0 Å². The molecule has 1 aromatic heterocycles. The van der Waals surface area contributed by atoms with Crippen LogP contribution in [-0.4, -0.2) is 39.6 Å². The summed E-state index contributed by atoms with van der Waals surface area (Å²) >= 11 is 0. The predicted octanol–water partition coefficient (Wildman–Crippen LogP) is 6.61. The van der Waals surface area contributed by atoms with Gasteiger partial charge < -0.3 is 19.3 Å². The Hall–Kier alpha value is -4.45. The molecule has 0 saturated heterocycles. The monoisotopic (exact) mass is 592 g/mol. The van der Waals surface area contributed by atoms with Crippen LogP contribution in [0.15, 0.2) is 97.2 Å². The Morgan fingerprint density at radius 3 is 2.36 bits per heavy atom. The summed E-state index contributed by atoms with van der Waals surface area (Å²) in [5.41, 5.74) is 3.14. The Morgan fingerprint density at radius 2 is 1.66 bits per heavy atom. The molecule has 3 aromatic carbocycles. The molecule has 0 spiro atoms. The summed E-state index contributed by atoms with van der Waals surface area (Å²) in [5, 5.41) is 13.2. The minimum absolute atomic E-state index is 0.113. The minimum atomic E-state index is -1.03. The van der Waals surface area contributed by atoms with E-state index in [0.29, 0.717) is 12.8 Å². The molecule has 3 heterocycles. The fourth-order valence-electron chi connectivity index (χ4n) is 7.23. The molecule has 4 aromatic rings. The van der Waals surface area contributed by atoms with E-state index in [9.17, 15) is 9.90 Å². The van der Waals surface area contributed by atoms with Crippen molar-refractivity contribution in [2.75, 3.05) is 13.1 Å². The van der Waals surface area contributed by atoms with Crippen molar-refractivity contribution in [1.29, 1.82) is 0 Å². The van der Waals surface area contributed by atoms with Crippen molar-refractivity contribution >= 4 is 22.8 Å². The van der Waals surface area contributed by atoms with Gasteiger partial charge in [0.05, 0.1) is 11.2 Å². The second-order valence-corrected chi connectivity index (χ2v) is 12.1.